The van der Waals surface area contributed by atoms with Crippen LogP contribution in [0.15, 0.2) is 18.3 Å². The number of hydrogen-bond donors (Lipinski definition) is 1. The topological polar surface area (TPSA) is 42.2 Å². The van der Waals surface area contributed by atoms with Crippen molar-refractivity contribution in [3.05, 3.63) is 29.6 Å². The van der Waals surface area contributed by atoms with E-state index in [4.69, 9.17) is 18.0 Å². The summed E-state index contributed by atoms with van der Waals surface area (Å²) < 4.78 is 0. The molecule has 4 heteroatoms. The van der Waals surface area contributed by atoms with Crippen LogP contribution < -0.4 is 5.73 Å². The summed E-state index contributed by atoms with van der Waals surface area (Å²) in [6, 6.07) is 4.76. The van der Waals surface area contributed by atoms with Crippen molar-refractivity contribution in [2.45, 2.75) is 51.6 Å². The second kappa shape index (κ2) is 6.96. The smallest absolute Gasteiger partial charge is 0.123 e. The number of nitrogens with zero attached hydrogens (tertiary/aromatic N) is 2. The Morgan fingerprint density at radius 2 is 2.16 bits per heavy atom. The molecule has 104 valence electrons. The van der Waals surface area contributed by atoms with Gasteiger partial charge in [-0.3, -0.25) is 9.88 Å². The second-order valence-electron chi connectivity index (χ2n) is 5.23. The highest BCUT2D eigenvalue weighted by Crippen LogP contribution is 2.24. The van der Waals surface area contributed by atoms with Gasteiger partial charge in [0.15, 0.2) is 0 Å². The average Bonchev–Trinajstić information content (AvgIpc) is 2.46. The van der Waals surface area contributed by atoms with Crippen molar-refractivity contribution in [1.29, 1.82) is 0 Å². The highest BCUT2D eigenvalue weighted by Gasteiger charge is 2.21. The fourth-order valence-electron chi connectivity index (χ4n) is 2.95. The highest BCUT2D eigenvalue weighted by atomic mass is 32.1. The minimum atomic E-state index is 0.398. The van der Waals surface area contributed by atoms with Gasteiger partial charge in [-0.25, -0.2) is 0 Å². The zero-order chi connectivity index (χ0) is 13.7. The van der Waals surface area contributed by atoms with Gasteiger partial charge in [-0.1, -0.05) is 44.5 Å². The molecule has 0 radical (unpaired) electrons. The van der Waals surface area contributed by atoms with E-state index in [2.05, 4.69) is 22.9 Å². The molecule has 1 aliphatic rings. The SMILES string of the molecule is CCN(Cc1cccnc1C(N)=S)C1CCCCC1. The fraction of sp³-hybridized carbons (Fsp3) is 0.600. The van der Waals surface area contributed by atoms with Crippen LogP contribution in [-0.2, 0) is 6.54 Å². The number of nitrogens with two attached hydrogens (primary N) is 1. The first-order chi connectivity index (χ1) is 9.22. The predicted octanol–water partition coefficient (Wildman–Crippen LogP) is 2.87. The normalized spacial score (nSPS) is 16.7. The molecule has 0 amide bonds. The zero-order valence-corrected chi connectivity index (χ0v) is 12.5. The summed E-state index contributed by atoms with van der Waals surface area (Å²) in [5, 5.41) is 0. The maximum atomic E-state index is 5.76. The molecule has 0 bridgehead atoms. The molecule has 1 aliphatic carbocycles. The number of aromatic nitrogens is 1. The summed E-state index contributed by atoms with van der Waals surface area (Å²) in [6.07, 6.45) is 8.49. The largest absolute Gasteiger partial charge is 0.388 e. The van der Waals surface area contributed by atoms with Crippen molar-refractivity contribution in [3.63, 3.8) is 0 Å². The number of hydrogen-bond acceptors (Lipinski definition) is 3. The summed E-state index contributed by atoms with van der Waals surface area (Å²) in [6.45, 7) is 4.20. The first kappa shape index (κ1) is 14.4. The first-order valence-electron chi connectivity index (χ1n) is 7.20. The lowest BCUT2D eigenvalue weighted by atomic mass is 9.94. The Morgan fingerprint density at radius 1 is 1.42 bits per heavy atom. The van der Waals surface area contributed by atoms with E-state index in [1.807, 2.05) is 6.07 Å². The van der Waals surface area contributed by atoms with Gasteiger partial charge < -0.3 is 5.73 Å². The maximum absolute atomic E-state index is 5.76. The van der Waals surface area contributed by atoms with Crippen LogP contribution in [0.1, 0.15) is 50.3 Å². The number of rotatable bonds is 5. The van der Waals surface area contributed by atoms with Crippen LogP contribution >= 0.6 is 12.2 Å². The van der Waals surface area contributed by atoms with Crippen molar-refractivity contribution >= 4 is 17.2 Å². The van der Waals surface area contributed by atoms with Crippen LogP contribution in [0.2, 0.25) is 0 Å². The third kappa shape index (κ3) is 3.74. The summed E-state index contributed by atoms with van der Waals surface area (Å²) in [7, 11) is 0. The molecule has 19 heavy (non-hydrogen) atoms. The minimum absolute atomic E-state index is 0.398. The third-order valence-electron chi connectivity index (χ3n) is 4.00. The Balaban J connectivity index is 2.11. The summed E-state index contributed by atoms with van der Waals surface area (Å²) in [5.41, 5.74) is 7.70. The molecule has 3 nitrogen and oxygen atoms in total. The Kier molecular flexibility index (Phi) is 5.28. The van der Waals surface area contributed by atoms with E-state index < -0.39 is 0 Å². The predicted molar refractivity (Wildman–Crippen MR) is 83.1 cm³/mol. The molecule has 0 unspecified atom stereocenters. The Bertz CT molecular complexity index is 427. The molecular weight excluding hydrogens is 254 g/mol. The van der Waals surface area contributed by atoms with E-state index in [0.29, 0.717) is 11.0 Å². The van der Waals surface area contributed by atoms with Crippen LogP contribution in [-0.4, -0.2) is 27.5 Å². The van der Waals surface area contributed by atoms with Crippen LogP contribution in [0.4, 0.5) is 0 Å². The molecule has 1 aromatic rings. The molecule has 2 rings (SSSR count). The lowest BCUT2D eigenvalue weighted by Crippen LogP contribution is -2.36. The van der Waals surface area contributed by atoms with Crippen molar-refractivity contribution in [2.24, 2.45) is 5.73 Å². The van der Waals surface area contributed by atoms with Gasteiger partial charge in [0.1, 0.15) is 10.7 Å². The average molecular weight is 277 g/mol. The Hall–Kier alpha value is -1.00. The monoisotopic (exact) mass is 277 g/mol. The molecule has 2 N–H and O–H groups in total. The van der Waals surface area contributed by atoms with Gasteiger partial charge in [-0.05, 0) is 31.0 Å². The standard InChI is InChI=1S/C15H23N3S/c1-2-18(13-8-4-3-5-9-13)11-12-7-6-10-17-14(12)15(16)19/h6-7,10,13H,2-5,8-9,11H2,1H3,(H2,16,19). The van der Waals surface area contributed by atoms with Gasteiger partial charge in [0.25, 0.3) is 0 Å². The van der Waals surface area contributed by atoms with Gasteiger partial charge in [0, 0.05) is 18.8 Å². The first-order valence-corrected chi connectivity index (χ1v) is 7.61. The van der Waals surface area contributed by atoms with Crippen molar-refractivity contribution in [1.82, 2.24) is 9.88 Å². The molecule has 1 heterocycles. The van der Waals surface area contributed by atoms with Gasteiger partial charge in [0.05, 0.1) is 0 Å². The molecule has 0 saturated heterocycles. The lowest BCUT2D eigenvalue weighted by molar-refractivity contribution is 0.156. The van der Waals surface area contributed by atoms with Gasteiger partial charge in [-0.15, -0.1) is 0 Å². The van der Waals surface area contributed by atoms with Gasteiger partial charge >= 0.3 is 0 Å². The quantitative estimate of drug-likeness (QED) is 0.840. The van der Waals surface area contributed by atoms with Gasteiger partial charge in [0.2, 0.25) is 0 Å². The van der Waals surface area contributed by atoms with Crippen molar-refractivity contribution < 1.29 is 0 Å². The van der Waals surface area contributed by atoms with E-state index in [-0.39, 0.29) is 0 Å². The lowest BCUT2D eigenvalue weighted by Gasteiger charge is -2.33. The van der Waals surface area contributed by atoms with Gasteiger partial charge in [-0.2, -0.15) is 0 Å². The minimum Gasteiger partial charge on any atom is -0.388 e. The number of pyridine rings is 1. The van der Waals surface area contributed by atoms with E-state index >= 15 is 0 Å². The molecule has 0 aromatic carbocycles. The van der Waals surface area contributed by atoms with Crippen molar-refractivity contribution in [2.75, 3.05) is 6.54 Å². The Morgan fingerprint density at radius 3 is 2.79 bits per heavy atom. The third-order valence-corrected chi connectivity index (χ3v) is 4.19. The maximum Gasteiger partial charge on any atom is 0.123 e. The van der Waals surface area contributed by atoms with Crippen LogP contribution in [0.25, 0.3) is 0 Å². The molecule has 1 aromatic heterocycles. The van der Waals surface area contributed by atoms with Crippen LogP contribution in [0.5, 0.6) is 0 Å². The van der Waals surface area contributed by atoms with Crippen LogP contribution in [0, 0.1) is 0 Å². The van der Waals surface area contributed by atoms with E-state index in [1.54, 1.807) is 6.20 Å². The molecule has 0 aliphatic heterocycles. The molecule has 1 fully saturated rings. The fourth-order valence-corrected chi connectivity index (χ4v) is 3.14. The summed E-state index contributed by atoms with van der Waals surface area (Å²) >= 11 is 5.09. The van der Waals surface area contributed by atoms with Crippen LogP contribution in [0.3, 0.4) is 0 Å². The second-order valence-corrected chi connectivity index (χ2v) is 5.67. The van der Waals surface area contributed by atoms with E-state index in [9.17, 15) is 0 Å². The molecule has 0 spiro atoms. The summed E-state index contributed by atoms with van der Waals surface area (Å²) in [4.78, 5) is 7.26. The zero-order valence-electron chi connectivity index (χ0n) is 11.6. The highest BCUT2D eigenvalue weighted by molar-refractivity contribution is 7.80. The Labute approximate surface area is 121 Å². The van der Waals surface area contributed by atoms with E-state index in [1.165, 1.54) is 32.1 Å². The molecule has 1 saturated carbocycles. The molecular formula is C15H23N3S. The summed E-state index contributed by atoms with van der Waals surface area (Å²) in [5.74, 6) is 0. The van der Waals surface area contributed by atoms with E-state index in [0.717, 1.165) is 24.3 Å². The van der Waals surface area contributed by atoms with Crippen molar-refractivity contribution in [3.8, 4) is 0 Å². The molecule has 0 atom stereocenters. The number of thiocarbonyl (C=S) groups is 1.